The number of hydrogen-bond acceptors (Lipinski definition) is 5. The van der Waals surface area contributed by atoms with Crippen molar-refractivity contribution in [3.05, 3.63) is 101 Å². The predicted octanol–water partition coefficient (Wildman–Crippen LogP) is 5.55. The largest absolute Gasteiger partial charge is 0.481 e. The second-order valence-corrected chi connectivity index (χ2v) is 9.38. The first-order valence-electron chi connectivity index (χ1n) is 12.2. The molecule has 1 heterocycles. The molecular formula is C30H29NO5. The molecule has 6 heteroatoms. The molecular weight excluding hydrogens is 454 g/mol. The zero-order valence-corrected chi connectivity index (χ0v) is 20.2. The van der Waals surface area contributed by atoms with Crippen LogP contribution in [0.5, 0.6) is 0 Å². The standard InChI is InChI=1S/C30H29NO5/c1-20-26(19-27(32)35-18-15-21-5-3-2-4-6-21)28(36-31-20)24-9-7-22(8-10-24)23-11-13-25(14-12-23)30(16-17-30)29(33)34/h2-14,27,32H,15-19H2,1H3,(H,33,34)/t27-/m0/s1. The topological polar surface area (TPSA) is 92.8 Å². The summed E-state index contributed by atoms with van der Waals surface area (Å²) in [5, 5.41) is 24.1. The van der Waals surface area contributed by atoms with E-state index in [-0.39, 0.29) is 6.42 Å². The summed E-state index contributed by atoms with van der Waals surface area (Å²) in [6.45, 7) is 2.28. The van der Waals surface area contributed by atoms with Gasteiger partial charge in [-0.15, -0.1) is 0 Å². The van der Waals surface area contributed by atoms with Crippen LogP contribution in [0.2, 0.25) is 0 Å². The van der Waals surface area contributed by atoms with Gasteiger partial charge in [-0.2, -0.15) is 0 Å². The van der Waals surface area contributed by atoms with E-state index in [1.807, 2.05) is 85.8 Å². The highest BCUT2D eigenvalue weighted by Crippen LogP contribution is 2.48. The lowest BCUT2D eigenvalue weighted by atomic mass is 9.93. The predicted molar refractivity (Wildman–Crippen MR) is 136 cm³/mol. The third-order valence-corrected chi connectivity index (χ3v) is 6.98. The summed E-state index contributed by atoms with van der Waals surface area (Å²) in [6.07, 6.45) is 1.45. The molecule has 0 aliphatic heterocycles. The first kappa shape index (κ1) is 24.0. The summed E-state index contributed by atoms with van der Waals surface area (Å²) < 4.78 is 11.3. The van der Waals surface area contributed by atoms with Crippen molar-refractivity contribution in [1.82, 2.24) is 5.16 Å². The van der Waals surface area contributed by atoms with Crippen LogP contribution in [0.1, 0.15) is 35.2 Å². The number of rotatable bonds is 10. The molecule has 1 atom stereocenters. The van der Waals surface area contributed by atoms with Gasteiger partial charge < -0.3 is 19.5 Å². The minimum absolute atomic E-state index is 0.286. The quantitative estimate of drug-likeness (QED) is 0.287. The minimum Gasteiger partial charge on any atom is -0.481 e. The Balaban J connectivity index is 1.25. The number of ether oxygens (including phenoxy) is 1. The summed E-state index contributed by atoms with van der Waals surface area (Å²) in [5.41, 5.74) is 5.78. The van der Waals surface area contributed by atoms with Gasteiger partial charge in [0.2, 0.25) is 0 Å². The molecule has 1 aliphatic carbocycles. The van der Waals surface area contributed by atoms with Crippen LogP contribution in [0, 0.1) is 6.92 Å². The molecule has 0 amide bonds. The van der Waals surface area contributed by atoms with Crippen molar-refractivity contribution in [2.45, 2.75) is 44.3 Å². The van der Waals surface area contributed by atoms with Crippen molar-refractivity contribution in [3.8, 4) is 22.5 Å². The van der Waals surface area contributed by atoms with Gasteiger partial charge in [-0.05, 0) is 48.4 Å². The molecule has 0 saturated heterocycles. The first-order chi connectivity index (χ1) is 17.5. The molecule has 2 N–H and O–H groups in total. The maximum absolute atomic E-state index is 11.6. The summed E-state index contributed by atoms with van der Waals surface area (Å²) in [5.74, 6) is -0.123. The number of hydrogen-bond donors (Lipinski definition) is 2. The van der Waals surface area contributed by atoms with E-state index in [0.717, 1.165) is 45.5 Å². The molecule has 1 fully saturated rings. The maximum Gasteiger partial charge on any atom is 0.314 e. The van der Waals surface area contributed by atoms with Crippen molar-refractivity contribution in [1.29, 1.82) is 0 Å². The van der Waals surface area contributed by atoms with Gasteiger partial charge in [-0.25, -0.2) is 0 Å². The fourth-order valence-corrected chi connectivity index (χ4v) is 4.59. The van der Waals surface area contributed by atoms with E-state index in [4.69, 9.17) is 9.26 Å². The molecule has 0 spiro atoms. The van der Waals surface area contributed by atoms with E-state index in [2.05, 4.69) is 5.16 Å². The van der Waals surface area contributed by atoms with E-state index >= 15 is 0 Å². The minimum atomic E-state index is -0.955. The summed E-state index contributed by atoms with van der Waals surface area (Å²) in [6, 6.07) is 25.7. The van der Waals surface area contributed by atoms with Crippen molar-refractivity contribution in [2.75, 3.05) is 6.61 Å². The first-order valence-corrected chi connectivity index (χ1v) is 12.2. The molecule has 3 aromatic carbocycles. The number of aryl methyl sites for hydroxylation is 1. The van der Waals surface area contributed by atoms with E-state index in [1.165, 1.54) is 0 Å². The maximum atomic E-state index is 11.6. The number of aliphatic hydroxyl groups excluding tert-OH is 1. The molecule has 0 unspecified atom stereocenters. The van der Waals surface area contributed by atoms with Crippen LogP contribution in [0.4, 0.5) is 0 Å². The molecule has 5 rings (SSSR count). The number of aromatic nitrogens is 1. The Morgan fingerprint density at radius 2 is 1.58 bits per heavy atom. The van der Waals surface area contributed by atoms with Crippen LogP contribution in [-0.2, 0) is 27.8 Å². The second kappa shape index (κ2) is 10.1. The molecule has 1 saturated carbocycles. The van der Waals surface area contributed by atoms with Crippen LogP contribution in [0.3, 0.4) is 0 Å². The monoisotopic (exact) mass is 483 g/mol. The fraction of sp³-hybridized carbons (Fsp3) is 0.267. The third-order valence-electron chi connectivity index (χ3n) is 6.98. The Labute approximate surface area is 210 Å². The Bertz CT molecular complexity index is 1320. The van der Waals surface area contributed by atoms with Crippen LogP contribution < -0.4 is 0 Å². The second-order valence-electron chi connectivity index (χ2n) is 9.38. The summed E-state index contributed by atoms with van der Waals surface area (Å²) in [4.78, 5) is 11.6. The number of aliphatic carboxylic acids is 1. The molecule has 0 bridgehead atoms. The van der Waals surface area contributed by atoms with E-state index < -0.39 is 17.7 Å². The Hall–Kier alpha value is -3.74. The number of carboxylic acids is 1. The lowest BCUT2D eigenvalue weighted by Crippen LogP contribution is -2.19. The van der Waals surface area contributed by atoms with E-state index in [0.29, 0.717) is 25.2 Å². The third kappa shape index (κ3) is 4.96. The molecule has 184 valence electrons. The highest BCUT2D eigenvalue weighted by Gasteiger charge is 2.51. The molecule has 4 aromatic rings. The molecule has 1 aliphatic rings. The average Bonchev–Trinajstić information content (AvgIpc) is 3.64. The smallest absolute Gasteiger partial charge is 0.314 e. The van der Waals surface area contributed by atoms with Gasteiger partial charge in [0.05, 0.1) is 17.7 Å². The van der Waals surface area contributed by atoms with Crippen molar-refractivity contribution in [3.63, 3.8) is 0 Å². The van der Waals surface area contributed by atoms with E-state index in [1.54, 1.807) is 0 Å². The Kier molecular flexibility index (Phi) is 6.72. The number of nitrogens with zero attached hydrogens (tertiary/aromatic N) is 1. The molecule has 0 radical (unpaired) electrons. The van der Waals surface area contributed by atoms with Gasteiger partial charge in [0, 0.05) is 17.5 Å². The lowest BCUT2D eigenvalue weighted by Gasteiger charge is -2.13. The zero-order chi connectivity index (χ0) is 25.1. The van der Waals surface area contributed by atoms with Crippen molar-refractivity contribution in [2.24, 2.45) is 0 Å². The number of benzene rings is 3. The van der Waals surface area contributed by atoms with Gasteiger partial charge in [0.25, 0.3) is 0 Å². The van der Waals surface area contributed by atoms with Gasteiger partial charge in [-0.3, -0.25) is 4.79 Å². The Morgan fingerprint density at radius 1 is 0.972 bits per heavy atom. The number of aliphatic hydroxyl groups is 1. The van der Waals surface area contributed by atoms with E-state index in [9.17, 15) is 15.0 Å². The average molecular weight is 484 g/mol. The van der Waals surface area contributed by atoms with Crippen LogP contribution in [0.15, 0.2) is 83.4 Å². The highest BCUT2D eigenvalue weighted by molar-refractivity contribution is 5.85. The van der Waals surface area contributed by atoms with Crippen LogP contribution in [0.25, 0.3) is 22.5 Å². The van der Waals surface area contributed by atoms with Crippen LogP contribution in [-0.4, -0.2) is 34.2 Å². The molecule has 6 nitrogen and oxygen atoms in total. The number of carbonyl (C=O) groups is 1. The number of carboxylic acid groups (broad SMARTS) is 1. The Morgan fingerprint density at radius 3 is 2.19 bits per heavy atom. The summed E-state index contributed by atoms with van der Waals surface area (Å²) >= 11 is 0. The lowest BCUT2D eigenvalue weighted by molar-refractivity contribution is -0.140. The molecule has 1 aromatic heterocycles. The van der Waals surface area contributed by atoms with Gasteiger partial charge in [0.1, 0.15) is 0 Å². The SMILES string of the molecule is Cc1noc(-c2ccc(-c3ccc(C4(C(=O)O)CC4)cc3)cc2)c1C[C@@H](O)OCCc1ccccc1. The van der Waals surface area contributed by atoms with Crippen LogP contribution >= 0.6 is 0 Å². The summed E-state index contributed by atoms with van der Waals surface area (Å²) in [7, 11) is 0. The zero-order valence-electron chi connectivity index (χ0n) is 20.2. The molecule has 36 heavy (non-hydrogen) atoms. The van der Waals surface area contributed by atoms with Gasteiger partial charge in [0.15, 0.2) is 12.1 Å². The van der Waals surface area contributed by atoms with Crippen molar-refractivity contribution < 1.29 is 24.3 Å². The normalized spacial score (nSPS) is 14.9. The van der Waals surface area contributed by atoms with Crippen molar-refractivity contribution >= 4 is 5.97 Å². The fourth-order valence-electron chi connectivity index (χ4n) is 4.59. The van der Waals surface area contributed by atoms with Gasteiger partial charge >= 0.3 is 5.97 Å². The van der Waals surface area contributed by atoms with Gasteiger partial charge in [-0.1, -0.05) is 84.0 Å². The highest BCUT2D eigenvalue weighted by atomic mass is 16.6.